The van der Waals surface area contributed by atoms with Crippen molar-refractivity contribution in [1.82, 2.24) is 0 Å². The smallest absolute Gasteiger partial charge is 0.272 e. The fourth-order valence-electron chi connectivity index (χ4n) is 4.16. The Morgan fingerprint density at radius 2 is 2.10 bits per heavy atom. The van der Waals surface area contributed by atoms with Gasteiger partial charge in [-0.2, -0.15) is 0 Å². The number of hydrogen-bond donors (Lipinski definition) is 0. The van der Waals surface area contributed by atoms with Crippen LogP contribution in [-0.2, 0) is 0 Å². The van der Waals surface area contributed by atoms with Crippen LogP contribution in [0.5, 0.6) is 5.75 Å². The summed E-state index contributed by atoms with van der Waals surface area (Å²) in [5, 5.41) is 10.6. The minimum atomic E-state index is -0.659. The molecule has 2 fully saturated rings. The Hall–Kier alpha value is -1.65. The molecule has 0 aromatic heterocycles. The lowest BCUT2D eigenvalue weighted by Gasteiger charge is -2.38. The fraction of sp³-hybridized carbons (Fsp3) is 0.625. The van der Waals surface area contributed by atoms with Gasteiger partial charge in [-0.1, -0.05) is 20.8 Å². The molecule has 0 radical (unpaired) electrons. The summed E-state index contributed by atoms with van der Waals surface area (Å²) in [4.78, 5) is 10.0. The Morgan fingerprint density at radius 3 is 2.57 bits per heavy atom. The van der Waals surface area contributed by atoms with Crippen molar-refractivity contribution in [2.75, 3.05) is 0 Å². The van der Waals surface area contributed by atoms with E-state index in [0.717, 1.165) is 18.9 Å². The van der Waals surface area contributed by atoms with E-state index in [2.05, 4.69) is 20.8 Å². The highest BCUT2D eigenvalue weighted by atomic mass is 19.1. The van der Waals surface area contributed by atoms with Crippen LogP contribution in [0.2, 0.25) is 0 Å². The molecule has 2 bridgehead atoms. The first kappa shape index (κ1) is 14.3. The van der Waals surface area contributed by atoms with Gasteiger partial charge >= 0.3 is 0 Å². The van der Waals surface area contributed by atoms with Crippen LogP contribution in [0.15, 0.2) is 18.2 Å². The molecule has 0 unspecified atom stereocenters. The maximum Gasteiger partial charge on any atom is 0.272 e. The van der Waals surface area contributed by atoms with Gasteiger partial charge in [0.1, 0.15) is 6.10 Å². The molecule has 0 saturated heterocycles. The van der Waals surface area contributed by atoms with Crippen LogP contribution >= 0.6 is 0 Å². The van der Waals surface area contributed by atoms with Crippen LogP contribution in [0.4, 0.5) is 10.1 Å². The first-order chi connectivity index (χ1) is 9.75. The zero-order valence-corrected chi connectivity index (χ0v) is 12.6. The Bertz CT molecular complexity index is 601. The number of halogens is 1. The Morgan fingerprint density at radius 1 is 1.38 bits per heavy atom. The average molecular weight is 293 g/mol. The molecule has 0 aliphatic heterocycles. The second-order valence-corrected chi connectivity index (χ2v) is 7.09. The molecule has 1 aromatic carbocycles. The Labute approximate surface area is 123 Å². The summed E-state index contributed by atoms with van der Waals surface area (Å²) in [6, 6.07) is 3.59. The zero-order chi connectivity index (χ0) is 15.4. The van der Waals surface area contributed by atoms with Gasteiger partial charge in [-0.15, -0.1) is 0 Å². The number of ether oxygens (including phenoxy) is 1. The Kier molecular flexibility index (Phi) is 3.01. The largest absolute Gasteiger partial charge is 0.487 e. The van der Waals surface area contributed by atoms with E-state index in [1.807, 2.05) is 0 Å². The number of nitro groups is 1. The van der Waals surface area contributed by atoms with Crippen LogP contribution in [0.1, 0.15) is 40.0 Å². The number of rotatable bonds is 3. The second kappa shape index (κ2) is 4.42. The van der Waals surface area contributed by atoms with E-state index in [9.17, 15) is 14.5 Å². The van der Waals surface area contributed by atoms with Crippen molar-refractivity contribution in [3.05, 3.63) is 34.1 Å². The normalized spacial score (nSPS) is 33.1. The van der Waals surface area contributed by atoms with Crippen molar-refractivity contribution >= 4 is 5.69 Å². The van der Waals surface area contributed by atoms with Crippen LogP contribution < -0.4 is 4.74 Å². The molecule has 3 atom stereocenters. The zero-order valence-electron chi connectivity index (χ0n) is 12.6. The molecule has 3 rings (SSSR count). The molecule has 4 nitrogen and oxygen atoms in total. The van der Waals surface area contributed by atoms with E-state index in [1.54, 1.807) is 0 Å². The molecule has 5 heteroatoms. The van der Waals surface area contributed by atoms with Crippen LogP contribution in [0.3, 0.4) is 0 Å². The first-order valence-corrected chi connectivity index (χ1v) is 7.36. The third-order valence-corrected chi connectivity index (χ3v) is 6.11. The van der Waals surface area contributed by atoms with E-state index in [-0.39, 0.29) is 28.4 Å². The van der Waals surface area contributed by atoms with E-state index in [4.69, 9.17) is 4.74 Å². The molecule has 2 aliphatic carbocycles. The number of hydrogen-bond acceptors (Lipinski definition) is 3. The van der Waals surface area contributed by atoms with E-state index < -0.39 is 10.7 Å². The fourth-order valence-corrected chi connectivity index (χ4v) is 4.16. The molecule has 0 heterocycles. The van der Waals surface area contributed by atoms with Gasteiger partial charge in [-0.05, 0) is 36.7 Å². The number of nitro benzene ring substituents is 1. The standard InChI is InChI=1S/C16H20FNO3/c1-15(2)10-6-7-16(15,3)14(8-10)21-13-5-4-11(18(19)20)9-12(13)17/h4-5,9-10,14H,6-8H2,1-3H3/t10-,14-,16-/m1/s1. The quantitative estimate of drug-likeness (QED) is 0.615. The van der Waals surface area contributed by atoms with Crippen molar-refractivity contribution in [2.24, 2.45) is 16.7 Å². The lowest BCUT2D eigenvalue weighted by atomic mass is 9.70. The number of benzene rings is 1. The van der Waals surface area contributed by atoms with Gasteiger partial charge in [0.25, 0.3) is 5.69 Å². The van der Waals surface area contributed by atoms with Gasteiger partial charge < -0.3 is 4.74 Å². The highest BCUT2D eigenvalue weighted by Gasteiger charge is 2.62. The van der Waals surface area contributed by atoms with E-state index in [0.29, 0.717) is 5.92 Å². The minimum Gasteiger partial charge on any atom is -0.487 e. The lowest BCUT2D eigenvalue weighted by molar-refractivity contribution is -0.385. The minimum absolute atomic E-state index is 0.0257. The Balaban J connectivity index is 1.84. The van der Waals surface area contributed by atoms with Crippen LogP contribution in [-0.4, -0.2) is 11.0 Å². The summed E-state index contributed by atoms with van der Waals surface area (Å²) < 4.78 is 19.9. The summed E-state index contributed by atoms with van der Waals surface area (Å²) in [6.45, 7) is 6.74. The SMILES string of the molecule is CC1(C)[C@@H]2CC[C@]1(C)[C@H](Oc1ccc([N+](=O)[O-])cc1F)C2. The summed E-state index contributed by atoms with van der Waals surface area (Å²) >= 11 is 0. The van der Waals surface area contributed by atoms with Gasteiger partial charge in [0.05, 0.1) is 11.0 Å². The van der Waals surface area contributed by atoms with Crippen molar-refractivity contribution < 1.29 is 14.1 Å². The predicted octanol–water partition coefficient (Wildman–Crippen LogP) is 4.33. The first-order valence-electron chi connectivity index (χ1n) is 7.36. The molecule has 21 heavy (non-hydrogen) atoms. The molecular formula is C16H20FNO3. The maximum atomic E-state index is 14.0. The average Bonchev–Trinajstić information content (AvgIpc) is 2.74. The second-order valence-electron chi connectivity index (χ2n) is 7.09. The summed E-state index contributed by atoms with van der Waals surface area (Å²) in [5.74, 6) is 0.0668. The highest BCUT2D eigenvalue weighted by molar-refractivity contribution is 5.38. The molecule has 114 valence electrons. The van der Waals surface area contributed by atoms with Gasteiger partial charge in [-0.25, -0.2) is 4.39 Å². The molecule has 0 spiro atoms. The third kappa shape index (κ3) is 1.93. The molecule has 2 aliphatic rings. The topological polar surface area (TPSA) is 52.4 Å². The molecule has 2 saturated carbocycles. The van der Waals surface area contributed by atoms with Crippen LogP contribution in [0.25, 0.3) is 0 Å². The monoisotopic (exact) mass is 293 g/mol. The number of non-ortho nitro benzene ring substituents is 1. The summed E-state index contributed by atoms with van der Waals surface area (Å²) in [7, 11) is 0. The van der Waals surface area contributed by atoms with Gasteiger partial charge in [0.2, 0.25) is 0 Å². The molecule has 1 aromatic rings. The molecule has 0 N–H and O–H groups in total. The van der Waals surface area contributed by atoms with E-state index in [1.165, 1.54) is 18.6 Å². The lowest BCUT2D eigenvalue weighted by Crippen LogP contribution is -2.39. The van der Waals surface area contributed by atoms with Gasteiger partial charge in [0, 0.05) is 11.5 Å². The van der Waals surface area contributed by atoms with Gasteiger partial charge in [-0.3, -0.25) is 10.1 Å². The predicted molar refractivity (Wildman–Crippen MR) is 76.7 cm³/mol. The molecule has 0 amide bonds. The number of nitrogens with zero attached hydrogens (tertiary/aromatic N) is 1. The van der Waals surface area contributed by atoms with Crippen molar-refractivity contribution in [2.45, 2.75) is 46.1 Å². The highest BCUT2D eigenvalue weighted by Crippen LogP contribution is 2.66. The maximum absolute atomic E-state index is 14.0. The molecular weight excluding hydrogens is 273 g/mol. The van der Waals surface area contributed by atoms with Crippen LogP contribution in [0, 0.1) is 32.7 Å². The number of fused-ring (bicyclic) bond motifs is 2. The van der Waals surface area contributed by atoms with Crippen molar-refractivity contribution in [3.63, 3.8) is 0 Å². The van der Waals surface area contributed by atoms with Gasteiger partial charge in [0.15, 0.2) is 11.6 Å². The van der Waals surface area contributed by atoms with Crippen molar-refractivity contribution in [3.8, 4) is 5.75 Å². The summed E-state index contributed by atoms with van der Waals surface area (Å²) in [5.41, 5.74) is -0.0276. The van der Waals surface area contributed by atoms with Crippen molar-refractivity contribution in [1.29, 1.82) is 0 Å². The third-order valence-electron chi connectivity index (χ3n) is 6.11. The van der Waals surface area contributed by atoms with E-state index >= 15 is 0 Å². The summed E-state index contributed by atoms with van der Waals surface area (Å²) in [6.07, 6.45) is 3.19.